The molecule has 1 aromatic rings. The number of benzene rings is 1. The van der Waals surface area contributed by atoms with E-state index in [1.54, 1.807) is 0 Å². The van der Waals surface area contributed by atoms with Gasteiger partial charge in [-0.15, -0.1) is 0 Å². The van der Waals surface area contributed by atoms with Gasteiger partial charge in [-0.1, -0.05) is 17.7 Å². The Labute approximate surface area is 127 Å². The Hall–Kier alpha value is -0.580. The third kappa shape index (κ3) is 3.12. The second-order valence-corrected chi connectivity index (χ2v) is 6.12. The van der Waals surface area contributed by atoms with Crippen LogP contribution in [0.5, 0.6) is 0 Å². The van der Waals surface area contributed by atoms with Crippen molar-refractivity contribution >= 4 is 33.4 Å². The molecule has 1 amide bonds. The van der Waals surface area contributed by atoms with Crippen molar-refractivity contribution in [3.8, 4) is 0 Å². The van der Waals surface area contributed by atoms with Crippen molar-refractivity contribution in [2.45, 2.75) is 38.3 Å². The molecule has 3 nitrogen and oxygen atoms in total. The maximum Gasteiger partial charge on any atom is 0.223 e. The molecule has 19 heavy (non-hydrogen) atoms. The quantitative estimate of drug-likeness (QED) is 0.891. The Bertz CT molecular complexity index is 481. The molecule has 5 heteroatoms. The van der Waals surface area contributed by atoms with Crippen LogP contribution in [0.3, 0.4) is 0 Å². The number of amides is 1. The van der Waals surface area contributed by atoms with Gasteiger partial charge in [0.1, 0.15) is 0 Å². The summed E-state index contributed by atoms with van der Waals surface area (Å²) in [6.45, 7) is 2.67. The molecule has 0 spiro atoms. The molecule has 1 aromatic carbocycles. The highest BCUT2D eigenvalue weighted by Crippen LogP contribution is 2.33. The van der Waals surface area contributed by atoms with Crippen LogP contribution in [0, 0.1) is 0 Å². The Balaban J connectivity index is 2.41. The number of hydrogen-bond donors (Lipinski definition) is 1. The zero-order valence-electron chi connectivity index (χ0n) is 10.9. The molecule has 1 heterocycles. The number of halogens is 2. The van der Waals surface area contributed by atoms with Gasteiger partial charge in [-0.25, -0.2) is 0 Å². The van der Waals surface area contributed by atoms with Crippen LogP contribution in [-0.4, -0.2) is 23.4 Å². The Morgan fingerprint density at radius 3 is 2.89 bits per heavy atom. The molecule has 0 bridgehead atoms. The second-order valence-electron chi connectivity index (χ2n) is 4.85. The van der Waals surface area contributed by atoms with E-state index < -0.39 is 0 Å². The lowest BCUT2D eigenvalue weighted by atomic mass is 9.96. The SMILES string of the molecule is CCN1C(=O)CCCC(N)C1c1ccc(Cl)c(Br)c1. The van der Waals surface area contributed by atoms with Crippen molar-refractivity contribution in [2.24, 2.45) is 5.73 Å². The number of nitrogens with zero attached hydrogens (tertiary/aromatic N) is 1. The van der Waals surface area contributed by atoms with Gasteiger partial charge in [0, 0.05) is 23.5 Å². The average Bonchev–Trinajstić information content (AvgIpc) is 2.52. The number of hydrogen-bond acceptors (Lipinski definition) is 2. The number of likely N-dealkylation sites (N-methyl/N-ethyl adjacent to an activating group) is 1. The monoisotopic (exact) mass is 344 g/mol. The first-order chi connectivity index (χ1) is 9.04. The third-order valence-corrected chi connectivity index (χ3v) is 4.83. The van der Waals surface area contributed by atoms with Crippen LogP contribution in [0.4, 0.5) is 0 Å². The summed E-state index contributed by atoms with van der Waals surface area (Å²) in [5.74, 6) is 0.187. The van der Waals surface area contributed by atoms with Crippen LogP contribution in [0.25, 0.3) is 0 Å². The first-order valence-corrected chi connectivity index (χ1v) is 7.71. The molecular formula is C14H18BrClN2O. The summed E-state index contributed by atoms with van der Waals surface area (Å²) in [6, 6.07) is 5.68. The van der Waals surface area contributed by atoms with E-state index in [0.29, 0.717) is 18.0 Å². The zero-order chi connectivity index (χ0) is 14.0. The van der Waals surface area contributed by atoms with E-state index in [2.05, 4.69) is 15.9 Å². The molecule has 2 atom stereocenters. The number of nitrogens with two attached hydrogens (primary N) is 1. The molecule has 1 aliphatic heterocycles. The Morgan fingerprint density at radius 1 is 1.53 bits per heavy atom. The van der Waals surface area contributed by atoms with E-state index in [0.717, 1.165) is 22.9 Å². The zero-order valence-corrected chi connectivity index (χ0v) is 13.2. The largest absolute Gasteiger partial charge is 0.334 e. The van der Waals surface area contributed by atoms with Crippen LogP contribution in [-0.2, 0) is 4.79 Å². The van der Waals surface area contributed by atoms with Gasteiger partial charge >= 0.3 is 0 Å². The lowest BCUT2D eigenvalue weighted by Gasteiger charge is -2.33. The van der Waals surface area contributed by atoms with Crippen LogP contribution >= 0.6 is 27.5 Å². The Morgan fingerprint density at radius 2 is 2.26 bits per heavy atom. The molecule has 1 aliphatic rings. The van der Waals surface area contributed by atoms with Crippen molar-refractivity contribution in [1.29, 1.82) is 0 Å². The van der Waals surface area contributed by atoms with Crippen molar-refractivity contribution in [2.75, 3.05) is 6.54 Å². The number of carbonyl (C=O) groups excluding carboxylic acids is 1. The maximum absolute atomic E-state index is 12.2. The van der Waals surface area contributed by atoms with Gasteiger partial charge < -0.3 is 10.6 Å². The highest BCUT2D eigenvalue weighted by molar-refractivity contribution is 9.10. The van der Waals surface area contributed by atoms with Crippen molar-refractivity contribution < 1.29 is 4.79 Å². The molecular weight excluding hydrogens is 328 g/mol. The minimum atomic E-state index is -0.0615. The first kappa shape index (κ1) is 14.8. The third-order valence-electron chi connectivity index (χ3n) is 3.62. The van der Waals surface area contributed by atoms with Gasteiger partial charge in [0.2, 0.25) is 5.91 Å². The summed E-state index contributed by atoms with van der Waals surface area (Å²) in [6.07, 6.45) is 2.32. The van der Waals surface area contributed by atoms with Crippen LogP contribution in [0.1, 0.15) is 37.8 Å². The molecule has 1 saturated heterocycles. The fraction of sp³-hybridized carbons (Fsp3) is 0.500. The van der Waals surface area contributed by atoms with Crippen molar-refractivity contribution in [3.63, 3.8) is 0 Å². The van der Waals surface area contributed by atoms with E-state index in [1.165, 1.54) is 0 Å². The summed E-state index contributed by atoms with van der Waals surface area (Å²) >= 11 is 9.46. The van der Waals surface area contributed by atoms with Gasteiger partial charge in [0.25, 0.3) is 0 Å². The highest BCUT2D eigenvalue weighted by atomic mass is 79.9. The lowest BCUT2D eigenvalue weighted by molar-refractivity contribution is -0.133. The molecule has 2 N–H and O–H groups in total. The van der Waals surface area contributed by atoms with Crippen LogP contribution < -0.4 is 5.73 Å². The number of rotatable bonds is 2. The number of likely N-dealkylation sites (tertiary alicyclic amines) is 1. The van der Waals surface area contributed by atoms with Gasteiger partial charge in [-0.3, -0.25) is 4.79 Å². The summed E-state index contributed by atoms with van der Waals surface area (Å²) in [4.78, 5) is 14.0. The molecule has 0 radical (unpaired) electrons. The predicted octanol–water partition coefficient (Wildman–Crippen LogP) is 3.50. The molecule has 0 aliphatic carbocycles. The van der Waals surface area contributed by atoms with E-state index in [-0.39, 0.29) is 18.0 Å². The summed E-state index contributed by atoms with van der Waals surface area (Å²) in [7, 11) is 0. The highest BCUT2D eigenvalue weighted by Gasteiger charge is 2.31. The minimum absolute atomic E-state index is 0.0283. The van der Waals surface area contributed by atoms with Gasteiger partial charge in [0.05, 0.1) is 11.1 Å². The summed E-state index contributed by atoms with van der Waals surface area (Å²) < 4.78 is 0.839. The number of carbonyl (C=O) groups is 1. The lowest BCUT2D eigenvalue weighted by Crippen LogP contribution is -2.42. The first-order valence-electron chi connectivity index (χ1n) is 6.54. The molecule has 104 valence electrons. The van der Waals surface area contributed by atoms with Crippen molar-refractivity contribution in [3.05, 3.63) is 33.3 Å². The van der Waals surface area contributed by atoms with Crippen molar-refractivity contribution in [1.82, 2.24) is 4.90 Å². The second kappa shape index (κ2) is 6.25. The maximum atomic E-state index is 12.2. The molecule has 2 unspecified atom stereocenters. The fourth-order valence-corrected chi connectivity index (χ4v) is 3.19. The van der Waals surface area contributed by atoms with E-state index in [4.69, 9.17) is 17.3 Å². The minimum Gasteiger partial charge on any atom is -0.334 e. The predicted molar refractivity (Wildman–Crippen MR) is 81.1 cm³/mol. The van der Waals surface area contributed by atoms with Gasteiger partial charge in [0.15, 0.2) is 0 Å². The fourth-order valence-electron chi connectivity index (χ4n) is 2.67. The van der Waals surface area contributed by atoms with Crippen LogP contribution in [0.15, 0.2) is 22.7 Å². The van der Waals surface area contributed by atoms with E-state index in [9.17, 15) is 4.79 Å². The smallest absolute Gasteiger partial charge is 0.223 e. The molecule has 0 saturated carbocycles. The Kier molecular flexibility index (Phi) is 4.87. The topological polar surface area (TPSA) is 46.3 Å². The van der Waals surface area contributed by atoms with E-state index >= 15 is 0 Å². The normalized spacial score (nSPS) is 24.4. The standard InChI is InChI=1S/C14H18BrClN2O/c1-2-18-13(19)5-3-4-12(17)14(18)9-6-7-11(16)10(15)8-9/h6-8,12,14H,2-5,17H2,1H3. The molecule has 1 fully saturated rings. The summed E-state index contributed by atoms with van der Waals surface area (Å²) in [5, 5.41) is 0.667. The molecule has 2 rings (SSSR count). The average molecular weight is 346 g/mol. The molecule has 0 aromatic heterocycles. The summed E-state index contributed by atoms with van der Waals surface area (Å²) in [5.41, 5.74) is 7.33. The van der Waals surface area contributed by atoms with Crippen LogP contribution in [0.2, 0.25) is 5.02 Å². The van der Waals surface area contributed by atoms with Gasteiger partial charge in [-0.05, 0) is 53.4 Å². The van der Waals surface area contributed by atoms with E-state index in [1.807, 2.05) is 30.0 Å². The van der Waals surface area contributed by atoms with Gasteiger partial charge in [-0.2, -0.15) is 0 Å².